The molecule has 1 aromatic carbocycles. The van der Waals surface area contributed by atoms with Gasteiger partial charge in [-0.2, -0.15) is 17.0 Å². The van der Waals surface area contributed by atoms with Crippen LogP contribution in [0.1, 0.15) is 24.0 Å². The zero-order chi connectivity index (χ0) is 23.9. The van der Waals surface area contributed by atoms with Crippen LogP contribution in [-0.4, -0.2) is 55.9 Å². The molecular weight excluding hydrogens is 448 g/mol. The van der Waals surface area contributed by atoms with Gasteiger partial charge in [-0.05, 0) is 51.0 Å². The standard InChI is InChI=1S/C23H28N2O7S/c1-14-21(26)15(2)23(27)32-22(14)20-11-17-10-18(7-8-19(17)31-20)30-13-16-6-5-9-25(12-16)33(28,29)24(3)4/h7-8,10-11,16,26H,5-6,9,12-13H2,1-4H3. The summed E-state index contributed by atoms with van der Waals surface area (Å²) >= 11 is 0. The summed E-state index contributed by atoms with van der Waals surface area (Å²) in [7, 11) is -0.359. The SMILES string of the molecule is Cc1c(-c2cc3cc(OCC4CCCN(S(=O)(=O)N(C)C)C4)ccc3o2)oc(=O)c(C)c1O. The lowest BCUT2D eigenvalue weighted by atomic mass is 10.0. The van der Waals surface area contributed by atoms with Crippen LogP contribution < -0.4 is 10.4 Å². The van der Waals surface area contributed by atoms with Crippen LogP contribution in [0.5, 0.6) is 11.5 Å². The fourth-order valence-electron chi connectivity index (χ4n) is 4.01. The molecule has 10 heteroatoms. The van der Waals surface area contributed by atoms with Crippen molar-refractivity contribution in [3.63, 3.8) is 0 Å². The number of benzene rings is 1. The van der Waals surface area contributed by atoms with Gasteiger partial charge in [0.15, 0.2) is 11.5 Å². The predicted octanol–water partition coefficient (Wildman–Crippen LogP) is 3.27. The first-order chi connectivity index (χ1) is 15.6. The van der Waals surface area contributed by atoms with E-state index in [0.29, 0.717) is 42.4 Å². The second-order valence-corrected chi connectivity index (χ2v) is 10.7. The third-order valence-corrected chi connectivity index (χ3v) is 7.93. The molecule has 1 saturated heterocycles. The van der Waals surface area contributed by atoms with Crippen LogP contribution in [0.2, 0.25) is 0 Å². The number of ether oxygens (including phenoxy) is 1. The summed E-state index contributed by atoms with van der Waals surface area (Å²) in [5.74, 6) is 1.14. The summed E-state index contributed by atoms with van der Waals surface area (Å²) in [5, 5.41) is 10.9. The van der Waals surface area contributed by atoms with Gasteiger partial charge in [-0.25, -0.2) is 4.79 Å². The average molecular weight is 477 g/mol. The van der Waals surface area contributed by atoms with Crippen molar-refractivity contribution in [3.05, 3.63) is 45.8 Å². The third kappa shape index (κ3) is 4.50. The first-order valence-corrected chi connectivity index (χ1v) is 12.1. The van der Waals surface area contributed by atoms with Crippen LogP contribution in [0.4, 0.5) is 0 Å². The molecule has 4 rings (SSSR count). The van der Waals surface area contributed by atoms with Crippen LogP contribution in [0.15, 0.2) is 37.9 Å². The number of fused-ring (bicyclic) bond motifs is 1. The number of hydrogen-bond acceptors (Lipinski definition) is 7. The molecule has 33 heavy (non-hydrogen) atoms. The fraction of sp³-hybridized carbons (Fsp3) is 0.435. The van der Waals surface area contributed by atoms with Crippen LogP contribution in [0, 0.1) is 19.8 Å². The van der Waals surface area contributed by atoms with Gasteiger partial charge >= 0.3 is 5.63 Å². The molecule has 1 aliphatic rings. The van der Waals surface area contributed by atoms with Crippen molar-refractivity contribution in [2.24, 2.45) is 5.92 Å². The maximum absolute atomic E-state index is 12.4. The number of furan rings is 1. The van der Waals surface area contributed by atoms with E-state index in [1.54, 1.807) is 25.1 Å². The Hall–Kier alpha value is -2.82. The first kappa shape index (κ1) is 23.3. The summed E-state index contributed by atoms with van der Waals surface area (Å²) in [6.07, 6.45) is 1.69. The van der Waals surface area contributed by atoms with Gasteiger partial charge in [-0.3, -0.25) is 0 Å². The van der Waals surface area contributed by atoms with E-state index in [0.717, 1.165) is 18.2 Å². The van der Waals surface area contributed by atoms with Crippen molar-refractivity contribution >= 4 is 21.2 Å². The normalized spacial score (nSPS) is 17.7. The number of piperidine rings is 1. The van der Waals surface area contributed by atoms with E-state index >= 15 is 0 Å². The molecule has 0 bridgehead atoms. The van der Waals surface area contributed by atoms with E-state index in [1.807, 2.05) is 6.07 Å². The summed E-state index contributed by atoms with van der Waals surface area (Å²) in [4.78, 5) is 12.0. The van der Waals surface area contributed by atoms with Crippen LogP contribution in [-0.2, 0) is 10.2 Å². The van der Waals surface area contributed by atoms with Crippen LogP contribution >= 0.6 is 0 Å². The summed E-state index contributed by atoms with van der Waals surface area (Å²) < 4.78 is 44.7. The average Bonchev–Trinajstić information content (AvgIpc) is 3.22. The van der Waals surface area contributed by atoms with Gasteiger partial charge in [0, 0.05) is 44.1 Å². The topological polar surface area (TPSA) is 113 Å². The largest absolute Gasteiger partial charge is 0.507 e. The Morgan fingerprint density at radius 3 is 2.67 bits per heavy atom. The molecule has 0 saturated carbocycles. The van der Waals surface area contributed by atoms with E-state index in [2.05, 4.69) is 0 Å². The molecule has 1 fully saturated rings. The third-order valence-electron chi connectivity index (χ3n) is 6.02. The highest BCUT2D eigenvalue weighted by Crippen LogP contribution is 2.34. The van der Waals surface area contributed by atoms with Crippen molar-refractivity contribution in [1.82, 2.24) is 8.61 Å². The molecule has 1 atom stereocenters. The molecule has 0 amide bonds. The maximum Gasteiger partial charge on any atom is 0.343 e. The molecule has 2 aromatic heterocycles. The molecular formula is C23H28N2O7S. The molecule has 1 aliphatic heterocycles. The molecule has 3 heterocycles. The van der Waals surface area contributed by atoms with Crippen molar-refractivity contribution < 1.29 is 27.1 Å². The number of hydrogen-bond donors (Lipinski definition) is 1. The Morgan fingerprint density at radius 2 is 1.94 bits per heavy atom. The van der Waals surface area contributed by atoms with Gasteiger partial charge in [-0.15, -0.1) is 0 Å². The zero-order valence-electron chi connectivity index (χ0n) is 19.1. The van der Waals surface area contributed by atoms with Gasteiger partial charge in [-0.1, -0.05) is 0 Å². The maximum atomic E-state index is 12.4. The highest BCUT2D eigenvalue weighted by molar-refractivity contribution is 7.86. The van der Waals surface area contributed by atoms with Crippen molar-refractivity contribution in [2.75, 3.05) is 33.8 Å². The first-order valence-electron chi connectivity index (χ1n) is 10.8. The summed E-state index contributed by atoms with van der Waals surface area (Å²) in [6.45, 7) is 4.50. The molecule has 0 radical (unpaired) electrons. The minimum absolute atomic E-state index is 0.0940. The Bertz CT molecular complexity index is 1340. The van der Waals surface area contributed by atoms with E-state index in [-0.39, 0.29) is 23.0 Å². The van der Waals surface area contributed by atoms with Crippen LogP contribution in [0.3, 0.4) is 0 Å². The highest BCUT2D eigenvalue weighted by Gasteiger charge is 2.30. The lowest BCUT2D eigenvalue weighted by molar-refractivity contribution is 0.176. The summed E-state index contributed by atoms with van der Waals surface area (Å²) in [6, 6.07) is 7.09. The van der Waals surface area contributed by atoms with Crippen molar-refractivity contribution in [1.29, 1.82) is 0 Å². The Kier molecular flexibility index (Phi) is 6.26. The quantitative estimate of drug-likeness (QED) is 0.581. The number of rotatable bonds is 6. The second-order valence-electron chi connectivity index (χ2n) is 8.59. The van der Waals surface area contributed by atoms with Gasteiger partial charge in [0.1, 0.15) is 17.1 Å². The molecule has 0 aliphatic carbocycles. The van der Waals surface area contributed by atoms with E-state index in [4.69, 9.17) is 13.6 Å². The fourth-order valence-corrected chi connectivity index (χ4v) is 5.23. The molecule has 0 spiro atoms. The lowest BCUT2D eigenvalue weighted by Crippen LogP contribution is -2.46. The molecule has 1 unspecified atom stereocenters. The van der Waals surface area contributed by atoms with Gasteiger partial charge in [0.2, 0.25) is 0 Å². The zero-order valence-corrected chi connectivity index (χ0v) is 19.9. The van der Waals surface area contributed by atoms with Gasteiger partial charge in [0.25, 0.3) is 10.2 Å². The Morgan fingerprint density at radius 1 is 1.18 bits per heavy atom. The lowest BCUT2D eigenvalue weighted by Gasteiger charge is -2.33. The van der Waals surface area contributed by atoms with Crippen LogP contribution in [0.25, 0.3) is 22.5 Å². The Labute approximate surface area is 192 Å². The molecule has 9 nitrogen and oxygen atoms in total. The van der Waals surface area contributed by atoms with E-state index < -0.39 is 15.8 Å². The smallest absolute Gasteiger partial charge is 0.343 e. The number of nitrogens with zero attached hydrogens (tertiary/aromatic N) is 2. The van der Waals surface area contributed by atoms with E-state index in [9.17, 15) is 18.3 Å². The van der Waals surface area contributed by atoms with Gasteiger partial charge in [0.05, 0.1) is 12.2 Å². The van der Waals surface area contributed by atoms with Crippen molar-refractivity contribution in [2.45, 2.75) is 26.7 Å². The van der Waals surface area contributed by atoms with E-state index in [1.165, 1.54) is 29.6 Å². The second kappa shape index (κ2) is 8.85. The molecule has 178 valence electrons. The molecule has 1 N–H and O–H groups in total. The number of aromatic hydroxyl groups is 1. The van der Waals surface area contributed by atoms with Crippen molar-refractivity contribution in [3.8, 4) is 23.0 Å². The highest BCUT2D eigenvalue weighted by atomic mass is 32.2. The minimum atomic E-state index is -3.43. The Balaban J connectivity index is 1.50. The predicted molar refractivity (Wildman–Crippen MR) is 124 cm³/mol. The molecule has 3 aromatic rings. The minimum Gasteiger partial charge on any atom is -0.507 e. The van der Waals surface area contributed by atoms with Gasteiger partial charge < -0.3 is 18.7 Å². The summed E-state index contributed by atoms with van der Waals surface area (Å²) in [5.41, 5.74) is 0.552. The monoisotopic (exact) mass is 476 g/mol.